The van der Waals surface area contributed by atoms with E-state index in [1.165, 1.54) is 38.9 Å². The highest BCUT2D eigenvalue weighted by Crippen LogP contribution is 2.25. The van der Waals surface area contributed by atoms with E-state index in [4.69, 9.17) is 9.47 Å². The molecule has 1 aliphatic carbocycles. The summed E-state index contributed by atoms with van der Waals surface area (Å²) in [6.07, 6.45) is 9.51. The van der Waals surface area contributed by atoms with Crippen molar-refractivity contribution in [3.8, 4) is 5.75 Å². The first-order valence-corrected chi connectivity index (χ1v) is 11.6. The van der Waals surface area contributed by atoms with Crippen LogP contribution in [0.2, 0.25) is 0 Å². The van der Waals surface area contributed by atoms with E-state index in [1.807, 2.05) is 11.9 Å². The fourth-order valence-corrected chi connectivity index (χ4v) is 4.31. The first-order valence-electron chi connectivity index (χ1n) is 11.6. The molecule has 0 amide bonds. The number of likely N-dealkylation sites (N-methyl/N-ethyl adjacent to an activating group) is 1. The van der Waals surface area contributed by atoms with E-state index in [2.05, 4.69) is 25.6 Å². The summed E-state index contributed by atoms with van der Waals surface area (Å²) < 4.78 is 24.9. The molecule has 1 atom stereocenters. The first-order chi connectivity index (χ1) is 15.6. The van der Waals surface area contributed by atoms with Crippen LogP contribution in [-0.2, 0) is 4.74 Å². The van der Waals surface area contributed by atoms with Crippen molar-refractivity contribution in [1.82, 2.24) is 15.0 Å². The molecule has 0 radical (unpaired) electrons. The van der Waals surface area contributed by atoms with Crippen LogP contribution < -0.4 is 20.3 Å². The van der Waals surface area contributed by atoms with Crippen LogP contribution in [-0.4, -0.2) is 54.4 Å². The molecule has 2 N–H and O–H groups in total. The number of nitrogens with one attached hydrogen (secondary N) is 2. The Hall–Kier alpha value is -2.68. The van der Waals surface area contributed by atoms with Crippen molar-refractivity contribution in [2.75, 3.05) is 42.8 Å². The minimum atomic E-state index is -0.445. The maximum absolute atomic E-state index is 14.2. The Bertz CT molecular complexity index is 885. The fraction of sp³-hybridized carbons (Fsp3) is 0.609. The van der Waals surface area contributed by atoms with Gasteiger partial charge < -0.3 is 25.0 Å². The average Bonchev–Trinajstić information content (AvgIpc) is 3.16. The van der Waals surface area contributed by atoms with Crippen molar-refractivity contribution in [3.63, 3.8) is 0 Å². The number of hydrogen-bond donors (Lipinski definition) is 2. The largest absolute Gasteiger partial charge is 0.494 e. The normalized spacial score (nSPS) is 19.4. The van der Waals surface area contributed by atoms with E-state index in [1.54, 1.807) is 12.1 Å². The SMILES string of the molecule is COc1ccc(Nc2nc(NC3CCCCCC3)nc(N(C)CC3CCCO3)n2)cc1F. The molecular formula is C23H33FN6O2. The number of ether oxygens (including phenoxy) is 2. The molecular weight excluding hydrogens is 411 g/mol. The molecule has 8 nitrogen and oxygen atoms in total. The fourth-order valence-electron chi connectivity index (χ4n) is 4.31. The maximum atomic E-state index is 14.2. The van der Waals surface area contributed by atoms with Crippen LogP contribution >= 0.6 is 0 Å². The topological polar surface area (TPSA) is 84.4 Å². The summed E-state index contributed by atoms with van der Waals surface area (Å²) in [5.41, 5.74) is 0.544. The van der Waals surface area contributed by atoms with Crippen molar-refractivity contribution < 1.29 is 13.9 Å². The summed E-state index contributed by atoms with van der Waals surface area (Å²) in [5, 5.41) is 6.63. The van der Waals surface area contributed by atoms with Crippen LogP contribution in [0, 0.1) is 5.82 Å². The minimum Gasteiger partial charge on any atom is -0.494 e. The summed E-state index contributed by atoms with van der Waals surface area (Å²) in [7, 11) is 3.41. The summed E-state index contributed by atoms with van der Waals surface area (Å²) >= 11 is 0. The molecule has 0 spiro atoms. The third-order valence-electron chi connectivity index (χ3n) is 6.06. The van der Waals surface area contributed by atoms with Crippen LogP contribution in [0.3, 0.4) is 0 Å². The van der Waals surface area contributed by atoms with Crippen LogP contribution in [0.1, 0.15) is 51.4 Å². The van der Waals surface area contributed by atoms with Crippen molar-refractivity contribution >= 4 is 23.5 Å². The van der Waals surface area contributed by atoms with Gasteiger partial charge in [-0.25, -0.2) is 4.39 Å². The standard InChI is InChI=1S/C23H33FN6O2/c1-30(15-18-10-7-13-32-18)23-28-21(25-16-8-5-3-4-6-9-16)27-22(29-23)26-17-11-12-20(31-2)19(24)14-17/h11-12,14,16,18H,3-10,13,15H2,1-2H3,(H2,25,26,27,28,29). The first kappa shape index (κ1) is 22.5. The van der Waals surface area contributed by atoms with Gasteiger partial charge in [-0.1, -0.05) is 25.7 Å². The Labute approximate surface area is 188 Å². The van der Waals surface area contributed by atoms with Crippen LogP contribution in [0.4, 0.5) is 27.9 Å². The van der Waals surface area contributed by atoms with Crippen molar-refractivity contribution in [1.29, 1.82) is 0 Å². The van der Waals surface area contributed by atoms with Crippen LogP contribution in [0.15, 0.2) is 18.2 Å². The lowest BCUT2D eigenvalue weighted by Gasteiger charge is -2.23. The summed E-state index contributed by atoms with van der Waals surface area (Å²) in [6.45, 7) is 1.52. The van der Waals surface area contributed by atoms with E-state index < -0.39 is 5.82 Å². The highest BCUT2D eigenvalue weighted by molar-refractivity contribution is 5.57. The molecule has 1 aromatic heterocycles. The van der Waals surface area contributed by atoms with Gasteiger partial charge in [0.15, 0.2) is 11.6 Å². The molecule has 174 valence electrons. The molecule has 1 unspecified atom stereocenters. The second-order valence-electron chi connectivity index (χ2n) is 8.61. The maximum Gasteiger partial charge on any atom is 0.233 e. The van der Waals surface area contributed by atoms with E-state index in [0.717, 1.165) is 32.3 Å². The smallest absolute Gasteiger partial charge is 0.233 e. The summed E-state index contributed by atoms with van der Waals surface area (Å²) in [4.78, 5) is 15.9. The Balaban J connectivity index is 1.56. The second-order valence-corrected chi connectivity index (χ2v) is 8.61. The van der Waals surface area contributed by atoms with Gasteiger partial charge in [0.1, 0.15) is 0 Å². The van der Waals surface area contributed by atoms with Crippen molar-refractivity contribution in [2.24, 2.45) is 0 Å². The Morgan fingerprint density at radius 2 is 1.84 bits per heavy atom. The molecule has 2 fully saturated rings. The molecule has 9 heteroatoms. The lowest BCUT2D eigenvalue weighted by molar-refractivity contribution is 0.116. The van der Waals surface area contributed by atoms with Gasteiger partial charge in [0.05, 0.1) is 13.2 Å². The average molecular weight is 445 g/mol. The molecule has 2 aromatic rings. The molecule has 1 saturated heterocycles. The zero-order valence-corrected chi connectivity index (χ0v) is 18.9. The summed E-state index contributed by atoms with van der Waals surface area (Å²) in [6, 6.07) is 5.03. The number of hydrogen-bond acceptors (Lipinski definition) is 8. The Kier molecular flexibility index (Phi) is 7.57. The molecule has 32 heavy (non-hydrogen) atoms. The molecule has 2 aliphatic rings. The zero-order chi connectivity index (χ0) is 22.3. The number of nitrogens with zero attached hydrogens (tertiary/aromatic N) is 4. The van der Waals surface area contributed by atoms with Gasteiger partial charge in [0.2, 0.25) is 17.8 Å². The third-order valence-corrected chi connectivity index (χ3v) is 6.06. The van der Waals surface area contributed by atoms with Gasteiger partial charge in [-0.05, 0) is 37.8 Å². The third kappa shape index (κ3) is 5.97. The van der Waals surface area contributed by atoms with Crippen molar-refractivity contribution in [2.45, 2.75) is 63.5 Å². The number of rotatable bonds is 8. The lowest BCUT2D eigenvalue weighted by Crippen LogP contribution is -2.30. The van der Waals surface area contributed by atoms with Gasteiger partial charge >= 0.3 is 0 Å². The molecule has 1 aliphatic heterocycles. The number of aromatic nitrogens is 3. The van der Waals surface area contributed by atoms with Crippen molar-refractivity contribution in [3.05, 3.63) is 24.0 Å². The van der Waals surface area contributed by atoms with Gasteiger partial charge in [-0.15, -0.1) is 0 Å². The minimum absolute atomic E-state index is 0.183. The Morgan fingerprint density at radius 3 is 2.53 bits per heavy atom. The summed E-state index contributed by atoms with van der Waals surface area (Å²) in [5.74, 6) is 1.22. The van der Waals surface area contributed by atoms with E-state index >= 15 is 0 Å². The Morgan fingerprint density at radius 1 is 1.06 bits per heavy atom. The molecule has 1 aromatic carbocycles. The van der Waals surface area contributed by atoms with E-state index in [0.29, 0.717) is 36.1 Å². The lowest BCUT2D eigenvalue weighted by atomic mass is 10.1. The highest BCUT2D eigenvalue weighted by Gasteiger charge is 2.21. The van der Waals surface area contributed by atoms with Crippen LogP contribution in [0.25, 0.3) is 0 Å². The number of halogens is 1. The number of methoxy groups -OCH3 is 1. The molecule has 1 saturated carbocycles. The second kappa shape index (κ2) is 10.8. The predicted octanol–water partition coefficient (Wildman–Crippen LogP) is 4.51. The van der Waals surface area contributed by atoms with Gasteiger partial charge in [-0.2, -0.15) is 15.0 Å². The highest BCUT2D eigenvalue weighted by atomic mass is 19.1. The van der Waals surface area contributed by atoms with Gasteiger partial charge in [-0.3, -0.25) is 0 Å². The van der Waals surface area contributed by atoms with Gasteiger partial charge in [0.25, 0.3) is 0 Å². The molecule has 4 rings (SSSR count). The van der Waals surface area contributed by atoms with E-state index in [9.17, 15) is 4.39 Å². The zero-order valence-electron chi connectivity index (χ0n) is 18.9. The predicted molar refractivity (Wildman–Crippen MR) is 123 cm³/mol. The van der Waals surface area contributed by atoms with Gasteiger partial charge in [0, 0.05) is 38.0 Å². The number of anilines is 4. The molecule has 0 bridgehead atoms. The number of benzene rings is 1. The van der Waals surface area contributed by atoms with E-state index in [-0.39, 0.29) is 11.9 Å². The molecule has 2 heterocycles. The van der Waals surface area contributed by atoms with Crippen LogP contribution in [0.5, 0.6) is 5.75 Å². The quantitative estimate of drug-likeness (QED) is 0.575. The monoisotopic (exact) mass is 444 g/mol.